The van der Waals surface area contributed by atoms with Crippen LogP contribution in [0, 0.1) is 11.6 Å². The molecular formula is C16H17F2NO. The first-order valence-corrected chi connectivity index (χ1v) is 6.50. The quantitative estimate of drug-likeness (QED) is 0.882. The third-order valence-electron chi connectivity index (χ3n) is 2.76. The molecule has 2 nitrogen and oxygen atoms in total. The van der Waals surface area contributed by atoms with E-state index in [0.717, 1.165) is 30.3 Å². The number of hydrogen-bond donors (Lipinski definition) is 1. The van der Waals surface area contributed by atoms with Crippen LogP contribution in [0.1, 0.15) is 19.4 Å². The molecule has 0 atom stereocenters. The Morgan fingerprint density at radius 2 is 1.75 bits per heavy atom. The minimum absolute atomic E-state index is 0.113. The van der Waals surface area contributed by atoms with Crippen molar-refractivity contribution in [3.63, 3.8) is 0 Å². The molecule has 20 heavy (non-hydrogen) atoms. The zero-order valence-electron chi connectivity index (χ0n) is 11.5. The van der Waals surface area contributed by atoms with Gasteiger partial charge in [-0.1, -0.05) is 26.0 Å². The predicted octanol–water partition coefficient (Wildman–Crippen LogP) is 4.26. The standard InChI is InChI=1S/C16H17F2NO/c1-11(2)19-10-12-3-6-14(7-4-12)20-16-9-13(17)5-8-15(16)18/h3-9,11,19H,10H2,1-2H3. The molecule has 0 spiro atoms. The predicted molar refractivity (Wildman–Crippen MR) is 74.8 cm³/mol. The van der Waals surface area contributed by atoms with E-state index in [0.29, 0.717) is 11.8 Å². The number of nitrogens with one attached hydrogen (secondary N) is 1. The first-order valence-electron chi connectivity index (χ1n) is 6.50. The Morgan fingerprint density at radius 3 is 2.40 bits per heavy atom. The van der Waals surface area contributed by atoms with Crippen LogP contribution in [-0.4, -0.2) is 6.04 Å². The van der Waals surface area contributed by atoms with E-state index in [1.54, 1.807) is 12.1 Å². The van der Waals surface area contributed by atoms with Crippen molar-refractivity contribution < 1.29 is 13.5 Å². The van der Waals surface area contributed by atoms with Crippen LogP contribution in [0.25, 0.3) is 0 Å². The summed E-state index contributed by atoms with van der Waals surface area (Å²) in [7, 11) is 0. The van der Waals surface area contributed by atoms with Crippen LogP contribution < -0.4 is 10.1 Å². The fraction of sp³-hybridized carbons (Fsp3) is 0.250. The zero-order chi connectivity index (χ0) is 14.5. The molecule has 0 fully saturated rings. The van der Waals surface area contributed by atoms with Crippen LogP contribution in [-0.2, 0) is 6.54 Å². The number of halogens is 2. The van der Waals surface area contributed by atoms with Crippen LogP contribution in [0.4, 0.5) is 8.78 Å². The van der Waals surface area contributed by atoms with Gasteiger partial charge < -0.3 is 10.1 Å². The number of hydrogen-bond acceptors (Lipinski definition) is 2. The maximum Gasteiger partial charge on any atom is 0.165 e. The normalized spacial score (nSPS) is 10.8. The molecule has 0 aliphatic rings. The van der Waals surface area contributed by atoms with E-state index >= 15 is 0 Å². The largest absolute Gasteiger partial charge is 0.454 e. The minimum atomic E-state index is -0.586. The molecule has 0 amide bonds. The summed E-state index contributed by atoms with van der Waals surface area (Å²) < 4.78 is 31.8. The lowest BCUT2D eigenvalue weighted by atomic mass is 10.2. The maximum absolute atomic E-state index is 13.4. The van der Waals surface area contributed by atoms with Crippen molar-refractivity contribution in [1.82, 2.24) is 5.32 Å². The van der Waals surface area contributed by atoms with E-state index in [4.69, 9.17) is 4.74 Å². The van der Waals surface area contributed by atoms with Gasteiger partial charge in [-0.2, -0.15) is 0 Å². The Labute approximate surface area is 117 Å². The summed E-state index contributed by atoms with van der Waals surface area (Å²) in [6.07, 6.45) is 0. The van der Waals surface area contributed by atoms with Crippen molar-refractivity contribution >= 4 is 0 Å². The molecule has 0 bridgehead atoms. The molecule has 0 radical (unpaired) electrons. The van der Waals surface area contributed by atoms with Crippen molar-refractivity contribution in [2.45, 2.75) is 26.4 Å². The molecule has 0 aliphatic carbocycles. The first kappa shape index (κ1) is 14.5. The van der Waals surface area contributed by atoms with Crippen LogP contribution in [0.5, 0.6) is 11.5 Å². The monoisotopic (exact) mass is 277 g/mol. The number of ether oxygens (including phenoxy) is 1. The second-order valence-electron chi connectivity index (χ2n) is 4.86. The van der Waals surface area contributed by atoms with Crippen LogP contribution in [0.15, 0.2) is 42.5 Å². The highest BCUT2D eigenvalue weighted by molar-refractivity contribution is 5.34. The van der Waals surface area contributed by atoms with Gasteiger partial charge in [0.2, 0.25) is 0 Å². The smallest absolute Gasteiger partial charge is 0.165 e. The molecule has 0 aliphatic heterocycles. The highest BCUT2D eigenvalue weighted by Gasteiger charge is 2.06. The van der Waals surface area contributed by atoms with Crippen molar-refractivity contribution in [2.75, 3.05) is 0 Å². The summed E-state index contributed by atoms with van der Waals surface area (Å²) in [6.45, 7) is 4.90. The Balaban J connectivity index is 2.05. The van der Waals surface area contributed by atoms with E-state index in [9.17, 15) is 8.78 Å². The lowest BCUT2D eigenvalue weighted by Crippen LogP contribution is -2.21. The highest BCUT2D eigenvalue weighted by atomic mass is 19.1. The first-order chi connectivity index (χ1) is 9.54. The van der Waals surface area contributed by atoms with Gasteiger partial charge in [-0.05, 0) is 29.8 Å². The van der Waals surface area contributed by atoms with Gasteiger partial charge in [0.05, 0.1) is 0 Å². The third kappa shape index (κ3) is 4.03. The lowest BCUT2D eigenvalue weighted by molar-refractivity contribution is 0.436. The summed E-state index contributed by atoms with van der Waals surface area (Å²) >= 11 is 0. The molecular weight excluding hydrogens is 260 g/mol. The molecule has 4 heteroatoms. The van der Waals surface area contributed by atoms with E-state index in [-0.39, 0.29) is 5.75 Å². The topological polar surface area (TPSA) is 21.3 Å². The summed E-state index contributed by atoms with van der Waals surface area (Å²) in [4.78, 5) is 0. The molecule has 0 aromatic heterocycles. The van der Waals surface area contributed by atoms with Crippen molar-refractivity contribution in [3.8, 4) is 11.5 Å². The Kier molecular flexibility index (Phi) is 4.69. The van der Waals surface area contributed by atoms with Gasteiger partial charge in [-0.25, -0.2) is 8.78 Å². The van der Waals surface area contributed by atoms with E-state index in [1.165, 1.54) is 0 Å². The highest BCUT2D eigenvalue weighted by Crippen LogP contribution is 2.25. The zero-order valence-corrected chi connectivity index (χ0v) is 11.5. The average molecular weight is 277 g/mol. The third-order valence-corrected chi connectivity index (χ3v) is 2.76. The van der Waals surface area contributed by atoms with Crippen molar-refractivity contribution in [3.05, 3.63) is 59.7 Å². The van der Waals surface area contributed by atoms with Gasteiger partial charge in [-0.3, -0.25) is 0 Å². The summed E-state index contributed by atoms with van der Waals surface area (Å²) in [5.74, 6) is -0.753. The van der Waals surface area contributed by atoms with Crippen molar-refractivity contribution in [2.24, 2.45) is 0 Å². The van der Waals surface area contributed by atoms with Gasteiger partial charge in [0.1, 0.15) is 11.6 Å². The average Bonchev–Trinajstić information content (AvgIpc) is 2.42. The maximum atomic E-state index is 13.4. The van der Waals surface area contributed by atoms with Gasteiger partial charge in [0, 0.05) is 18.7 Å². The van der Waals surface area contributed by atoms with Crippen LogP contribution >= 0.6 is 0 Å². The second-order valence-corrected chi connectivity index (χ2v) is 4.86. The van der Waals surface area contributed by atoms with Crippen LogP contribution in [0.3, 0.4) is 0 Å². The summed E-state index contributed by atoms with van der Waals surface area (Å²) in [5.41, 5.74) is 1.10. The molecule has 0 heterocycles. The van der Waals surface area contributed by atoms with Crippen LogP contribution in [0.2, 0.25) is 0 Å². The van der Waals surface area contributed by atoms with E-state index in [2.05, 4.69) is 19.2 Å². The molecule has 106 valence electrons. The SMILES string of the molecule is CC(C)NCc1ccc(Oc2cc(F)ccc2F)cc1. The molecule has 2 aromatic rings. The fourth-order valence-corrected chi connectivity index (χ4v) is 1.68. The summed E-state index contributed by atoms with van der Waals surface area (Å²) in [5, 5.41) is 3.30. The molecule has 2 rings (SSSR count). The molecule has 0 saturated carbocycles. The van der Waals surface area contributed by atoms with Gasteiger partial charge in [0.25, 0.3) is 0 Å². The Bertz CT molecular complexity index is 567. The molecule has 0 unspecified atom stereocenters. The Morgan fingerprint density at radius 1 is 1.05 bits per heavy atom. The van der Waals surface area contributed by atoms with Gasteiger partial charge in [-0.15, -0.1) is 0 Å². The molecule has 2 aromatic carbocycles. The summed E-state index contributed by atoms with van der Waals surface area (Å²) in [6, 6.07) is 10.8. The number of benzene rings is 2. The van der Waals surface area contributed by atoms with Gasteiger partial charge in [0.15, 0.2) is 11.6 Å². The molecule has 1 N–H and O–H groups in total. The lowest BCUT2D eigenvalue weighted by Gasteiger charge is -2.10. The Hall–Kier alpha value is -1.94. The van der Waals surface area contributed by atoms with Crippen molar-refractivity contribution in [1.29, 1.82) is 0 Å². The van der Waals surface area contributed by atoms with E-state index in [1.807, 2.05) is 12.1 Å². The minimum Gasteiger partial charge on any atom is -0.454 e. The second kappa shape index (κ2) is 6.48. The van der Waals surface area contributed by atoms with Gasteiger partial charge >= 0.3 is 0 Å². The fourth-order valence-electron chi connectivity index (χ4n) is 1.68. The van der Waals surface area contributed by atoms with E-state index < -0.39 is 11.6 Å². The molecule has 0 saturated heterocycles. The number of rotatable bonds is 5.